The van der Waals surface area contributed by atoms with Crippen molar-refractivity contribution in [1.82, 2.24) is 9.80 Å². The molecule has 7 heteroatoms. The van der Waals surface area contributed by atoms with E-state index in [9.17, 15) is 14.0 Å². The molecule has 2 fully saturated rings. The second-order valence-corrected chi connectivity index (χ2v) is 7.36. The van der Waals surface area contributed by atoms with Crippen LogP contribution in [0.25, 0.3) is 0 Å². The van der Waals surface area contributed by atoms with Crippen LogP contribution in [-0.2, 0) is 9.53 Å². The third kappa shape index (κ3) is 4.32. The molecule has 2 amide bonds. The van der Waals surface area contributed by atoms with E-state index in [1.807, 2.05) is 0 Å². The summed E-state index contributed by atoms with van der Waals surface area (Å²) in [4.78, 5) is 26.7. The Morgan fingerprint density at radius 1 is 1.41 bits per heavy atom. The van der Waals surface area contributed by atoms with Crippen LogP contribution in [0.4, 0.5) is 9.18 Å². The zero-order chi connectivity index (χ0) is 16.5. The van der Waals surface area contributed by atoms with Crippen molar-refractivity contribution in [3.63, 3.8) is 0 Å². The van der Waals surface area contributed by atoms with Crippen LogP contribution in [0.5, 0.6) is 0 Å². The Bertz CT molecular complexity index is 442. The fourth-order valence-electron chi connectivity index (χ4n) is 2.87. The van der Waals surface area contributed by atoms with E-state index < -0.39 is 17.4 Å². The zero-order valence-electron chi connectivity index (χ0n) is 13.6. The van der Waals surface area contributed by atoms with E-state index in [2.05, 4.69) is 0 Å². The number of rotatable bonds is 2. The largest absolute Gasteiger partial charge is 0.444 e. The quantitative estimate of drug-likeness (QED) is 0.833. The lowest BCUT2D eigenvalue weighted by Crippen LogP contribution is -2.51. The van der Waals surface area contributed by atoms with E-state index in [0.29, 0.717) is 26.1 Å². The van der Waals surface area contributed by atoms with E-state index >= 15 is 0 Å². The Kier molecular flexibility index (Phi) is 4.65. The Morgan fingerprint density at radius 3 is 2.45 bits per heavy atom. The Balaban J connectivity index is 1.85. The highest BCUT2D eigenvalue weighted by Crippen LogP contribution is 2.29. The lowest BCUT2D eigenvalue weighted by atomic mass is 9.93. The van der Waals surface area contributed by atoms with Crippen LogP contribution in [0.1, 0.15) is 40.0 Å². The van der Waals surface area contributed by atoms with Crippen LogP contribution in [-0.4, -0.2) is 65.3 Å². The SMILES string of the molecule is CC(C)(C)OC(=O)N1CCC(F)(CN2CC(N)CC2=O)CC1. The molecule has 126 valence electrons. The van der Waals surface area contributed by atoms with Gasteiger partial charge < -0.3 is 20.3 Å². The predicted octanol–water partition coefficient (Wildman–Crippen LogP) is 1.29. The van der Waals surface area contributed by atoms with Crippen molar-refractivity contribution >= 4 is 12.0 Å². The van der Waals surface area contributed by atoms with Crippen molar-refractivity contribution in [1.29, 1.82) is 0 Å². The molecule has 0 bridgehead atoms. The van der Waals surface area contributed by atoms with Crippen LogP contribution in [0.3, 0.4) is 0 Å². The summed E-state index contributed by atoms with van der Waals surface area (Å²) in [5, 5.41) is 0. The molecule has 0 aromatic carbocycles. The highest BCUT2D eigenvalue weighted by molar-refractivity contribution is 5.79. The van der Waals surface area contributed by atoms with Crippen molar-refractivity contribution in [2.45, 2.75) is 57.3 Å². The van der Waals surface area contributed by atoms with Crippen molar-refractivity contribution in [2.75, 3.05) is 26.2 Å². The number of hydrogen-bond acceptors (Lipinski definition) is 4. The van der Waals surface area contributed by atoms with Crippen LogP contribution in [0.15, 0.2) is 0 Å². The molecule has 0 radical (unpaired) electrons. The van der Waals surface area contributed by atoms with Gasteiger partial charge >= 0.3 is 6.09 Å². The number of carbonyl (C=O) groups is 2. The molecule has 6 nitrogen and oxygen atoms in total. The number of amides is 2. The second-order valence-electron chi connectivity index (χ2n) is 7.36. The highest BCUT2D eigenvalue weighted by Gasteiger charge is 2.41. The van der Waals surface area contributed by atoms with Gasteiger partial charge in [0.15, 0.2) is 0 Å². The topological polar surface area (TPSA) is 75.9 Å². The fraction of sp³-hybridized carbons (Fsp3) is 0.867. The smallest absolute Gasteiger partial charge is 0.410 e. The first kappa shape index (κ1) is 17.0. The van der Waals surface area contributed by atoms with E-state index in [-0.39, 0.29) is 31.3 Å². The number of piperidine rings is 1. The summed E-state index contributed by atoms with van der Waals surface area (Å²) < 4.78 is 20.2. The van der Waals surface area contributed by atoms with Crippen molar-refractivity contribution in [3.8, 4) is 0 Å². The molecule has 1 atom stereocenters. The number of nitrogens with zero attached hydrogens (tertiary/aromatic N) is 2. The average molecular weight is 315 g/mol. The zero-order valence-corrected chi connectivity index (χ0v) is 13.6. The van der Waals surface area contributed by atoms with E-state index in [4.69, 9.17) is 10.5 Å². The van der Waals surface area contributed by atoms with Crippen LogP contribution in [0.2, 0.25) is 0 Å². The lowest BCUT2D eigenvalue weighted by Gasteiger charge is -2.38. The maximum absolute atomic E-state index is 14.9. The van der Waals surface area contributed by atoms with Gasteiger partial charge in [-0.1, -0.05) is 0 Å². The molecule has 2 aliphatic rings. The number of likely N-dealkylation sites (tertiary alicyclic amines) is 2. The van der Waals surface area contributed by atoms with Crippen molar-refractivity contribution < 1.29 is 18.7 Å². The lowest BCUT2D eigenvalue weighted by molar-refractivity contribution is -0.130. The van der Waals surface area contributed by atoms with E-state index in [0.717, 1.165) is 0 Å². The minimum absolute atomic E-state index is 0.0711. The summed E-state index contributed by atoms with van der Waals surface area (Å²) in [7, 11) is 0. The van der Waals surface area contributed by atoms with Crippen LogP contribution < -0.4 is 5.73 Å². The third-order valence-electron chi connectivity index (χ3n) is 4.03. The normalized spacial score (nSPS) is 25.5. The summed E-state index contributed by atoms with van der Waals surface area (Å²) in [5.74, 6) is -0.0842. The molecule has 22 heavy (non-hydrogen) atoms. The molecule has 2 heterocycles. The molecule has 2 saturated heterocycles. The fourth-order valence-corrected chi connectivity index (χ4v) is 2.87. The minimum Gasteiger partial charge on any atom is -0.444 e. The summed E-state index contributed by atoms with van der Waals surface area (Å²) in [6, 6.07) is -0.196. The average Bonchev–Trinajstić information content (AvgIpc) is 2.65. The summed E-state index contributed by atoms with van der Waals surface area (Å²) >= 11 is 0. The Morgan fingerprint density at radius 2 is 2.00 bits per heavy atom. The van der Waals surface area contributed by atoms with Gasteiger partial charge in [0, 0.05) is 44.9 Å². The number of carbonyl (C=O) groups excluding carboxylic acids is 2. The molecule has 1 unspecified atom stereocenters. The second kappa shape index (κ2) is 6.02. The highest BCUT2D eigenvalue weighted by atomic mass is 19.1. The van der Waals surface area contributed by atoms with Crippen LogP contribution >= 0.6 is 0 Å². The summed E-state index contributed by atoms with van der Waals surface area (Å²) in [6.45, 7) is 6.50. The van der Waals surface area contributed by atoms with Crippen molar-refractivity contribution in [3.05, 3.63) is 0 Å². The molecule has 2 N–H and O–H groups in total. The molecule has 0 spiro atoms. The molecule has 0 aromatic rings. The van der Waals surface area contributed by atoms with Gasteiger partial charge in [0.2, 0.25) is 5.91 Å². The van der Waals surface area contributed by atoms with Gasteiger partial charge in [-0.05, 0) is 20.8 Å². The van der Waals surface area contributed by atoms with Gasteiger partial charge in [-0.3, -0.25) is 4.79 Å². The third-order valence-corrected chi connectivity index (χ3v) is 4.03. The standard InChI is InChI=1S/C15H26FN3O3/c1-14(2,3)22-13(21)18-6-4-15(16,5-7-18)10-19-9-11(17)8-12(19)20/h11H,4-10,17H2,1-3H3. The molecule has 0 aromatic heterocycles. The van der Waals surface area contributed by atoms with Gasteiger partial charge in [0.25, 0.3) is 0 Å². The van der Waals surface area contributed by atoms with Crippen molar-refractivity contribution in [2.24, 2.45) is 5.73 Å². The van der Waals surface area contributed by atoms with Gasteiger partial charge in [-0.15, -0.1) is 0 Å². The minimum atomic E-state index is -1.45. The molecular formula is C15H26FN3O3. The number of alkyl halides is 1. The first-order chi connectivity index (χ1) is 10.1. The van der Waals surface area contributed by atoms with Gasteiger partial charge in [-0.25, -0.2) is 9.18 Å². The first-order valence-corrected chi connectivity index (χ1v) is 7.78. The maximum Gasteiger partial charge on any atom is 0.410 e. The van der Waals surface area contributed by atoms with Gasteiger partial charge in [0.05, 0.1) is 6.54 Å². The molecule has 2 aliphatic heterocycles. The number of nitrogens with two attached hydrogens (primary N) is 1. The Hall–Kier alpha value is -1.37. The number of halogens is 1. The molecule has 0 aliphatic carbocycles. The monoisotopic (exact) mass is 315 g/mol. The predicted molar refractivity (Wildman–Crippen MR) is 80.1 cm³/mol. The molecule has 0 saturated carbocycles. The number of ether oxygens (including phenoxy) is 1. The van der Waals surface area contributed by atoms with E-state index in [1.165, 1.54) is 9.80 Å². The van der Waals surface area contributed by atoms with Gasteiger partial charge in [-0.2, -0.15) is 0 Å². The molecule has 2 rings (SSSR count). The Labute approximate surface area is 130 Å². The first-order valence-electron chi connectivity index (χ1n) is 7.78. The molecular weight excluding hydrogens is 289 g/mol. The summed E-state index contributed by atoms with van der Waals surface area (Å²) in [5.41, 5.74) is 3.73. The summed E-state index contributed by atoms with van der Waals surface area (Å²) in [6.07, 6.45) is 0.310. The van der Waals surface area contributed by atoms with E-state index in [1.54, 1.807) is 20.8 Å². The van der Waals surface area contributed by atoms with Crippen LogP contribution in [0, 0.1) is 0 Å². The maximum atomic E-state index is 14.9. The van der Waals surface area contributed by atoms with Gasteiger partial charge in [0.1, 0.15) is 11.3 Å². The number of hydrogen-bond donors (Lipinski definition) is 1.